The van der Waals surface area contributed by atoms with Crippen LogP contribution in [0.3, 0.4) is 0 Å². The number of rotatable bonds is 7. The zero-order valence-corrected chi connectivity index (χ0v) is 12.9. The van der Waals surface area contributed by atoms with Crippen molar-refractivity contribution in [2.45, 2.75) is 13.3 Å². The van der Waals surface area contributed by atoms with Crippen LogP contribution >= 0.6 is 0 Å². The van der Waals surface area contributed by atoms with E-state index < -0.39 is 10.2 Å². The van der Waals surface area contributed by atoms with Gasteiger partial charge >= 0.3 is 10.2 Å². The van der Waals surface area contributed by atoms with E-state index in [1.807, 2.05) is 6.92 Å². The Morgan fingerprint density at radius 3 is 2.30 bits per heavy atom. The summed E-state index contributed by atoms with van der Waals surface area (Å²) in [5.41, 5.74) is 0.466. The molecule has 0 radical (unpaired) electrons. The summed E-state index contributed by atoms with van der Waals surface area (Å²) in [7, 11) is -0.827. The second kappa shape index (κ2) is 7.25. The van der Waals surface area contributed by atoms with Gasteiger partial charge in [0.05, 0.1) is 5.69 Å². The average Bonchev–Trinajstić information content (AvgIpc) is 2.43. The number of anilines is 1. The zero-order chi connectivity index (χ0) is 15.2. The fourth-order valence-corrected chi connectivity index (χ4v) is 2.61. The Hall–Kier alpha value is -1.60. The van der Waals surface area contributed by atoms with Crippen molar-refractivity contribution in [3.05, 3.63) is 30.3 Å². The highest BCUT2D eigenvalue weighted by molar-refractivity contribution is 7.90. The number of amides is 1. The first kappa shape index (κ1) is 16.5. The minimum absolute atomic E-state index is 0.232. The number of hydrogen-bond donors (Lipinski definition) is 1. The van der Waals surface area contributed by atoms with E-state index >= 15 is 0 Å². The normalized spacial score (nSPS) is 11.4. The average molecular weight is 299 g/mol. The van der Waals surface area contributed by atoms with Gasteiger partial charge in [-0.2, -0.15) is 12.7 Å². The topological polar surface area (TPSA) is 69.7 Å². The van der Waals surface area contributed by atoms with Gasteiger partial charge < -0.3 is 5.32 Å². The molecule has 0 aliphatic rings. The molecule has 0 atom stereocenters. The molecule has 1 N–H and O–H groups in total. The molecule has 1 amide bonds. The van der Waals surface area contributed by atoms with E-state index in [1.54, 1.807) is 30.3 Å². The second-order valence-electron chi connectivity index (χ2n) is 4.48. The molecule has 0 fully saturated rings. The number of nitrogens with zero attached hydrogens (tertiary/aromatic N) is 2. The van der Waals surface area contributed by atoms with Crippen molar-refractivity contribution in [2.24, 2.45) is 0 Å². The Bertz CT molecular complexity index is 529. The lowest BCUT2D eigenvalue weighted by Gasteiger charge is -2.26. The van der Waals surface area contributed by atoms with Gasteiger partial charge in [0, 0.05) is 20.6 Å². The van der Waals surface area contributed by atoms with Crippen molar-refractivity contribution >= 4 is 21.8 Å². The molecule has 7 heteroatoms. The number of carbonyl (C=O) groups excluding carboxylic acids is 1. The quantitative estimate of drug-likeness (QED) is 0.810. The molecule has 0 unspecified atom stereocenters. The molecule has 0 spiro atoms. The minimum Gasteiger partial charge on any atom is -0.355 e. The number of benzene rings is 1. The van der Waals surface area contributed by atoms with Crippen LogP contribution in [0.5, 0.6) is 0 Å². The fraction of sp³-hybridized carbons (Fsp3) is 0.462. The molecule has 0 saturated heterocycles. The van der Waals surface area contributed by atoms with E-state index in [9.17, 15) is 13.2 Å². The smallest absolute Gasteiger partial charge is 0.304 e. The highest BCUT2D eigenvalue weighted by atomic mass is 32.2. The molecular weight excluding hydrogens is 278 g/mol. The molecule has 20 heavy (non-hydrogen) atoms. The van der Waals surface area contributed by atoms with Gasteiger partial charge in [0.1, 0.15) is 6.54 Å². The molecule has 0 heterocycles. The second-order valence-corrected chi connectivity index (χ2v) is 6.55. The maximum absolute atomic E-state index is 12.3. The van der Waals surface area contributed by atoms with Crippen LogP contribution in [0.1, 0.15) is 13.3 Å². The maximum Gasteiger partial charge on any atom is 0.304 e. The lowest BCUT2D eigenvalue weighted by molar-refractivity contribution is -0.119. The molecule has 0 saturated carbocycles. The molecule has 1 aromatic rings. The van der Waals surface area contributed by atoms with Gasteiger partial charge in [-0.05, 0) is 18.6 Å². The van der Waals surface area contributed by atoms with Crippen LogP contribution in [-0.4, -0.2) is 45.8 Å². The van der Waals surface area contributed by atoms with Crippen LogP contribution in [0.4, 0.5) is 5.69 Å². The Labute approximate surface area is 120 Å². The van der Waals surface area contributed by atoms with Gasteiger partial charge in [-0.25, -0.2) is 4.31 Å². The van der Waals surface area contributed by atoms with E-state index in [4.69, 9.17) is 0 Å². The summed E-state index contributed by atoms with van der Waals surface area (Å²) in [4.78, 5) is 11.8. The maximum atomic E-state index is 12.3. The predicted octanol–water partition coefficient (Wildman–Crippen LogP) is 0.826. The number of carbonyl (C=O) groups is 1. The van der Waals surface area contributed by atoms with E-state index in [0.717, 1.165) is 15.0 Å². The van der Waals surface area contributed by atoms with Crippen molar-refractivity contribution in [1.29, 1.82) is 0 Å². The van der Waals surface area contributed by atoms with Crippen LogP contribution in [-0.2, 0) is 15.0 Å². The summed E-state index contributed by atoms with van der Waals surface area (Å²) >= 11 is 0. The van der Waals surface area contributed by atoms with Gasteiger partial charge in [0.25, 0.3) is 0 Å². The number of nitrogens with one attached hydrogen (secondary N) is 1. The molecule has 0 aliphatic heterocycles. The van der Waals surface area contributed by atoms with E-state index in [-0.39, 0.29) is 12.5 Å². The van der Waals surface area contributed by atoms with Gasteiger partial charge in [-0.1, -0.05) is 25.1 Å². The third-order valence-electron chi connectivity index (χ3n) is 2.64. The third kappa shape index (κ3) is 4.21. The Morgan fingerprint density at radius 2 is 1.80 bits per heavy atom. The molecule has 112 valence electrons. The highest BCUT2D eigenvalue weighted by Crippen LogP contribution is 2.18. The molecule has 0 bridgehead atoms. The first-order chi connectivity index (χ1) is 9.39. The molecule has 1 rings (SSSR count). The van der Waals surface area contributed by atoms with Crippen LogP contribution in [0, 0.1) is 0 Å². The predicted molar refractivity (Wildman–Crippen MR) is 79.7 cm³/mol. The van der Waals surface area contributed by atoms with Gasteiger partial charge in [0.2, 0.25) is 5.91 Å². The highest BCUT2D eigenvalue weighted by Gasteiger charge is 2.26. The van der Waals surface area contributed by atoms with Crippen molar-refractivity contribution in [3.8, 4) is 0 Å². The van der Waals surface area contributed by atoms with Gasteiger partial charge in [-0.3, -0.25) is 4.79 Å². The summed E-state index contributed by atoms with van der Waals surface area (Å²) in [6, 6.07) is 8.58. The summed E-state index contributed by atoms with van der Waals surface area (Å²) < 4.78 is 26.8. The van der Waals surface area contributed by atoms with Gasteiger partial charge in [-0.15, -0.1) is 0 Å². The molecular formula is C13H21N3O3S. The lowest BCUT2D eigenvalue weighted by Crippen LogP contribution is -2.45. The summed E-state index contributed by atoms with van der Waals surface area (Å²) in [5, 5.41) is 2.68. The van der Waals surface area contributed by atoms with E-state index in [0.29, 0.717) is 12.2 Å². The number of hydrogen-bond acceptors (Lipinski definition) is 3. The first-order valence-corrected chi connectivity index (χ1v) is 7.81. The molecule has 0 aliphatic carbocycles. The summed E-state index contributed by atoms with van der Waals surface area (Å²) in [6.07, 6.45) is 0.803. The lowest BCUT2D eigenvalue weighted by atomic mass is 10.3. The van der Waals surface area contributed by atoms with Crippen molar-refractivity contribution in [1.82, 2.24) is 9.62 Å². The Morgan fingerprint density at radius 1 is 1.20 bits per heavy atom. The Kier molecular flexibility index (Phi) is 5.97. The van der Waals surface area contributed by atoms with Crippen LogP contribution in [0.15, 0.2) is 30.3 Å². The largest absolute Gasteiger partial charge is 0.355 e. The Balaban J connectivity index is 3.01. The zero-order valence-electron chi connectivity index (χ0n) is 12.0. The molecule has 6 nitrogen and oxygen atoms in total. The minimum atomic E-state index is -3.71. The summed E-state index contributed by atoms with van der Waals surface area (Å²) in [5.74, 6) is -0.318. The van der Waals surface area contributed by atoms with Crippen molar-refractivity contribution in [3.63, 3.8) is 0 Å². The number of para-hydroxylation sites is 1. The van der Waals surface area contributed by atoms with Crippen LogP contribution in [0.25, 0.3) is 0 Å². The molecule has 1 aromatic carbocycles. The van der Waals surface area contributed by atoms with E-state index in [1.165, 1.54) is 14.1 Å². The first-order valence-electron chi connectivity index (χ1n) is 6.41. The fourth-order valence-electron chi connectivity index (χ4n) is 1.55. The van der Waals surface area contributed by atoms with Crippen LogP contribution < -0.4 is 9.62 Å². The third-order valence-corrected chi connectivity index (χ3v) is 4.46. The SMILES string of the molecule is CCCNC(=O)CN(c1ccccc1)S(=O)(=O)N(C)C. The van der Waals surface area contributed by atoms with E-state index in [2.05, 4.69) is 5.32 Å². The monoisotopic (exact) mass is 299 g/mol. The van der Waals surface area contributed by atoms with Crippen molar-refractivity contribution in [2.75, 3.05) is 31.5 Å². The van der Waals surface area contributed by atoms with Crippen molar-refractivity contribution < 1.29 is 13.2 Å². The summed E-state index contributed by atoms with van der Waals surface area (Å²) in [6.45, 7) is 2.24. The standard InChI is InChI=1S/C13H21N3O3S/c1-4-10-14-13(17)11-16(20(18,19)15(2)3)12-8-6-5-7-9-12/h5-9H,4,10-11H2,1-3H3,(H,14,17). The molecule has 0 aromatic heterocycles. The van der Waals surface area contributed by atoms with Gasteiger partial charge in [0.15, 0.2) is 0 Å². The van der Waals surface area contributed by atoms with Crippen LogP contribution in [0.2, 0.25) is 0 Å².